The first-order valence-electron chi connectivity index (χ1n) is 5.23. The minimum atomic E-state index is -0.551. The second kappa shape index (κ2) is 5.42. The third kappa shape index (κ3) is 2.92. The number of hydrogen-bond donors (Lipinski definition) is 2. The number of benzene rings is 1. The van der Waals surface area contributed by atoms with E-state index >= 15 is 0 Å². The summed E-state index contributed by atoms with van der Waals surface area (Å²) in [6, 6.07) is 6.29. The van der Waals surface area contributed by atoms with Crippen LogP contribution in [0.4, 0.5) is 0 Å². The van der Waals surface area contributed by atoms with Crippen LogP contribution in [-0.4, -0.2) is 16.8 Å². The molecule has 1 aromatic carbocycles. The zero-order valence-corrected chi connectivity index (χ0v) is 10.2. The maximum atomic E-state index is 11.8. The molecule has 0 saturated heterocycles. The lowest BCUT2D eigenvalue weighted by Gasteiger charge is -2.04. The highest BCUT2D eigenvalue weighted by Crippen LogP contribution is 2.06. The van der Waals surface area contributed by atoms with Crippen molar-refractivity contribution < 1.29 is 9.59 Å². The van der Waals surface area contributed by atoms with Gasteiger partial charge in [0.1, 0.15) is 5.01 Å². The molecule has 1 aromatic heterocycles. The van der Waals surface area contributed by atoms with Gasteiger partial charge >= 0.3 is 0 Å². The summed E-state index contributed by atoms with van der Waals surface area (Å²) in [6.45, 7) is 0.372. The third-order valence-electron chi connectivity index (χ3n) is 2.29. The summed E-state index contributed by atoms with van der Waals surface area (Å²) in [6.07, 6.45) is 1.68. The van der Waals surface area contributed by atoms with E-state index in [0.717, 1.165) is 5.01 Å². The predicted molar refractivity (Wildman–Crippen MR) is 68.2 cm³/mol. The Labute approximate surface area is 108 Å². The van der Waals surface area contributed by atoms with E-state index in [1.807, 2.05) is 5.38 Å². The molecule has 0 fully saturated rings. The minimum absolute atomic E-state index is 0.256. The molecule has 0 saturated carbocycles. The van der Waals surface area contributed by atoms with Crippen LogP contribution >= 0.6 is 11.3 Å². The average Bonchev–Trinajstić information content (AvgIpc) is 2.89. The van der Waals surface area contributed by atoms with E-state index in [1.165, 1.54) is 17.4 Å². The number of aromatic nitrogens is 1. The molecule has 2 rings (SSSR count). The van der Waals surface area contributed by atoms with Crippen LogP contribution in [0, 0.1) is 0 Å². The molecule has 0 aliphatic heterocycles. The zero-order chi connectivity index (χ0) is 13.0. The maximum absolute atomic E-state index is 11.8. The molecule has 0 spiro atoms. The third-order valence-corrected chi connectivity index (χ3v) is 3.07. The van der Waals surface area contributed by atoms with Crippen molar-refractivity contribution in [1.29, 1.82) is 0 Å². The van der Waals surface area contributed by atoms with Crippen molar-refractivity contribution in [1.82, 2.24) is 10.3 Å². The topological polar surface area (TPSA) is 85.1 Å². The smallest absolute Gasteiger partial charge is 0.251 e. The van der Waals surface area contributed by atoms with Gasteiger partial charge < -0.3 is 11.1 Å². The molecule has 0 bridgehead atoms. The van der Waals surface area contributed by atoms with Gasteiger partial charge in [-0.05, 0) is 18.2 Å². The minimum Gasteiger partial charge on any atom is -0.366 e. The summed E-state index contributed by atoms with van der Waals surface area (Å²) in [4.78, 5) is 26.9. The molecule has 92 valence electrons. The maximum Gasteiger partial charge on any atom is 0.251 e. The molecule has 0 atom stereocenters. The van der Waals surface area contributed by atoms with Gasteiger partial charge in [0.2, 0.25) is 5.91 Å². The number of nitrogens with two attached hydrogens (primary N) is 1. The molecule has 2 amide bonds. The van der Waals surface area contributed by atoms with Gasteiger partial charge in [-0.1, -0.05) is 6.07 Å². The Hall–Kier alpha value is -2.21. The van der Waals surface area contributed by atoms with Crippen LogP contribution in [0.3, 0.4) is 0 Å². The van der Waals surface area contributed by atoms with Gasteiger partial charge in [0.05, 0.1) is 6.54 Å². The van der Waals surface area contributed by atoms with Crippen LogP contribution < -0.4 is 11.1 Å². The summed E-state index contributed by atoms with van der Waals surface area (Å²) < 4.78 is 0. The number of primary amides is 1. The molecule has 2 aromatic rings. The average molecular weight is 261 g/mol. The normalized spacial score (nSPS) is 10.0. The lowest BCUT2D eigenvalue weighted by atomic mass is 10.1. The number of thiazole rings is 1. The Morgan fingerprint density at radius 2 is 2.11 bits per heavy atom. The van der Waals surface area contributed by atoms with Crippen LogP contribution in [0.5, 0.6) is 0 Å². The largest absolute Gasteiger partial charge is 0.366 e. The molecule has 3 N–H and O–H groups in total. The van der Waals surface area contributed by atoms with Crippen LogP contribution in [0.2, 0.25) is 0 Å². The fraction of sp³-hybridized carbons (Fsp3) is 0.0833. The molecule has 0 aliphatic carbocycles. The number of nitrogens with zero attached hydrogens (tertiary/aromatic N) is 1. The molecular formula is C12H11N3O2S. The molecule has 1 heterocycles. The highest BCUT2D eigenvalue weighted by molar-refractivity contribution is 7.09. The van der Waals surface area contributed by atoms with Crippen molar-refractivity contribution in [3.63, 3.8) is 0 Å². The van der Waals surface area contributed by atoms with Gasteiger partial charge in [-0.2, -0.15) is 0 Å². The van der Waals surface area contributed by atoms with Crippen LogP contribution in [0.1, 0.15) is 25.7 Å². The van der Waals surface area contributed by atoms with Gasteiger partial charge in [-0.15, -0.1) is 11.3 Å². The summed E-state index contributed by atoms with van der Waals surface area (Å²) in [7, 11) is 0. The Balaban J connectivity index is 2.04. The van der Waals surface area contributed by atoms with Crippen LogP contribution in [-0.2, 0) is 6.54 Å². The van der Waals surface area contributed by atoms with E-state index < -0.39 is 5.91 Å². The number of amides is 2. The van der Waals surface area contributed by atoms with Crippen molar-refractivity contribution in [2.24, 2.45) is 5.73 Å². The van der Waals surface area contributed by atoms with Crippen molar-refractivity contribution in [3.8, 4) is 0 Å². The van der Waals surface area contributed by atoms with E-state index in [-0.39, 0.29) is 5.91 Å². The molecule has 0 radical (unpaired) electrons. The quantitative estimate of drug-likeness (QED) is 0.866. The van der Waals surface area contributed by atoms with Gasteiger partial charge in [-0.3, -0.25) is 9.59 Å². The number of hydrogen-bond acceptors (Lipinski definition) is 4. The Morgan fingerprint density at radius 1 is 1.33 bits per heavy atom. The lowest BCUT2D eigenvalue weighted by molar-refractivity contribution is 0.0951. The van der Waals surface area contributed by atoms with Crippen LogP contribution in [0.25, 0.3) is 0 Å². The second-order valence-corrected chi connectivity index (χ2v) is 4.53. The molecule has 0 unspecified atom stereocenters. The number of carbonyl (C=O) groups is 2. The molecule has 0 aliphatic rings. The Kier molecular flexibility index (Phi) is 3.69. The van der Waals surface area contributed by atoms with E-state index in [1.54, 1.807) is 24.4 Å². The van der Waals surface area contributed by atoms with E-state index in [9.17, 15) is 9.59 Å². The molecule has 5 nitrogen and oxygen atoms in total. The van der Waals surface area contributed by atoms with Crippen molar-refractivity contribution in [3.05, 3.63) is 52.0 Å². The fourth-order valence-corrected chi connectivity index (χ4v) is 1.97. The first-order valence-corrected chi connectivity index (χ1v) is 6.11. The Morgan fingerprint density at radius 3 is 2.78 bits per heavy atom. The number of carbonyl (C=O) groups excluding carboxylic acids is 2. The van der Waals surface area contributed by atoms with Gasteiger partial charge in [0.15, 0.2) is 0 Å². The van der Waals surface area contributed by atoms with Crippen molar-refractivity contribution in [2.75, 3.05) is 0 Å². The molecule has 18 heavy (non-hydrogen) atoms. The molecular weight excluding hydrogens is 250 g/mol. The first-order chi connectivity index (χ1) is 8.66. The van der Waals surface area contributed by atoms with Gasteiger partial charge in [-0.25, -0.2) is 4.98 Å². The van der Waals surface area contributed by atoms with Gasteiger partial charge in [0, 0.05) is 22.7 Å². The molecule has 6 heteroatoms. The summed E-state index contributed by atoms with van der Waals surface area (Å²) in [5.41, 5.74) is 5.88. The predicted octanol–water partition coefficient (Wildman–Crippen LogP) is 1.17. The number of nitrogens with one attached hydrogen (secondary N) is 1. The number of rotatable bonds is 4. The highest BCUT2D eigenvalue weighted by Gasteiger charge is 2.08. The standard InChI is InChI=1S/C12H11N3O2S/c13-11(16)8-2-1-3-9(6-8)12(17)15-7-10-14-4-5-18-10/h1-6H,7H2,(H2,13,16)(H,15,17). The Bertz CT molecular complexity index is 566. The van der Waals surface area contributed by atoms with E-state index in [2.05, 4.69) is 10.3 Å². The fourth-order valence-electron chi connectivity index (χ4n) is 1.41. The van der Waals surface area contributed by atoms with Crippen molar-refractivity contribution >= 4 is 23.2 Å². The highest BCUT2D eigenvalue weighted by atomic mass is 32.1. The van der Waals surface area contributed by atoms with Crippen molar-refractivity contribution in [2.45, 2.75) is 6.54 Å². The van der Waals surface area contributed by atoms with Gasteiger partial charge in [0.25, 0.3) is 5.91 Å². The summed E-state index contributed by atoms with van der Waals surface area (Å²) >= 11 is 1.47. The summed E-state index contributed by atoms with van der Waals surface area (Å²) in [5.74, 6) is -0.808. The van der Waals surface area contributed by atoms with E-state index in [4.69, 9.17) is 5.73 Å². The zero-order valence-electron chi connectivity index (χ0n) is 9.42. The van der Waals surface area contributed by atoms with E-state index in [0.29, 0.717) is 17.7 Å². The summed E-state index contributed by atoms with van der Waals surface area (Å²) in [5, 5.41) is 5.39. The van der Waals surface area contributed by atoms with Crippen LogP contribution in [0.15, 0.2) is 35.8 Å². The SMILES string of the molecule is NC(=O)c1cccc(C(=O)NCc2nccs2)c1. The monoisotopic (exact) mass is 261 g/mol. The lowest BCUT2D eigenvalue weighted by Crippen LogP contribution is -2.23. The first kappa shape index (κ1) is 12.3. The second-order valence-electron chi connectivity index (χ2n) is 3.55.